The molecule has 0 N–H and O–H groups in total. The first-order valence-corrected chi connectivity index (χ1v) is 5.37. The summed E-state index contributed by atoms with van der Waals surface area (Å²) in [6.45, 7) is 1.75. The van der Waals surface area contributed by atoms with Gasteiger partial charge in [-0.15, -0.1) is 0 Å². The summed E-state index contributed by atoms with van der Waals surface area (Å²) in [7, 11) is 0. The maximum atomic E-state index is 11.6. The third-order valence-electron chi connectivity index (χ3n) is 2.78. The molecule has 2 aliphatic rings. The number of amides is 1. The summed E-state index contributed by atoms with van der Waals surface area (Å²) in [5.41, 5.74) is 0. The highest BCUT2D eigenvalue weighted by Crippen LogP contribution is 2.18. The van der Waals surface area contributed by atoms with Crippen molar-refractivity contribution in [2.24, 2.45) is 5.92 Å². The van der Waals surface area contributed by atoms with Crippen molar-refractivity contribution in [3.8, 4) is 0 Å². The van der Waals surface area contributed by atoms with Gasteiger partial charge in [0.1, 0.15) is 0 Å². The van der Waals surface area contributed by atoms with Gasteiger partial charge in [-0.25, -0.2) is 4.79 Å². The number of rotatable bonds is 2. The first kappa shape index (κ1) is 10.4. The molecule has 0 saturated carbocycles. The Kier molecular flexibility index (Phi) is 3.20. The van der Waals surface area contributed by atoms with Crippen LogP contribution in [0.3, 0.4) is 0 Å². The lowest BCUT2D eigenvalue weighted by Crippen LogP contribution is -2.33. The van der Waals surface area contributed by atoms with Crippen molar-refractivity contribution in [3.63, 3.8) is 0 Å². The second-order valence-corrected chi connectivity index (χ2v) is 3.90. The number of hydroxylamine groups is 2. The molecule has 0 atom stereocenters. The lowest BCUT2D eigenvalue weighted by atomic mass is 10.0. The fourth-order valence-electron chi connectivity index (χ4n) is 1.84. The summed E-state index contributed by atoms with van der Waals surface area (Å²) >= 11 is 0. The summed E-state index contributed by atoms with van der Waals surface area (Å²) in [4.78, 5) is 27.9. The number of hydrogen-bond donors (Lipinski definition) is 0. The molecule has 0 bridgehead atoms. The van der Waals surface area contributed by atoms with E-state index >= 15 is 0 Å². The van der Waals surface area contributed by atoms with Gasteiger partial charge in [-0.05, 0) is 19.3 Å². The Hall–Kier alpha value is -1.10. The zero-order valence-electron chi connectivity index (χ0n) is 8.61. The smallest absolute Gasteiger partial charge is 0.335 e. The van der Waals surface area contributed by atoms with E-state index in [2.05, 4.69) is 0 Å². The van der Waals surface area contributed by atoms with E-state index in [-0.39, 0.29) is 17.8 Å². The predicted octanol–water partition coefficient (Wildman–Crippen LogP) is 0.494. The Labute approximate surface area is 88.3 Å². The molecule has 0 spiro atoms. The number of hydrogen-bond acceptors (Lipinski definition) is 4. The Bertz CT molecular complexity index is 260. The van der Waals surface area contributed by atoms with E-state index in [9.17, 15) is 9.59 Å². The van der Waals surface area contributed by atoms with E-state index < -0.39 is 0 Å². The number of nitrogens with zero attached hydrogens (tertiary/aromatic N) is 1. The average Bonchev–Trinajstić information content (AvgIpc) is 2.66. The Morgan fingerprint density at radius 1 is 1.40 bits per heavy atom. The van der Waals surface area contributed by atoms with Gasteiger partial charge < -0.3 is 9.57 Å². The minimum atomic E-state index is -0.284. The molecule has 2 heterocycles. The second kappa shape index (κ2) is 4.61. The van der Waals surface area contributed by atoms with Gasteiger partial charge in [0.05, 0.1) is 12.5 Å². The minimum absolute atomic E-state index is 0.0876. The largest absolute Gasteiger partial charge is 0.381 e. The summed E-state index contributed by atoms with van der Waals surface area (Å²) < 4.78 is 5.15. The van der Waals surface area contributed by atoms with Crippen LogP contribution in [0, 0.1) is 5.92 Å². The van der Waals surface area contributed by atoms with Crippen LogP contribution in [-0.4, -0.2) is 36.7 Å². The molecule has 0 aliphatic carbocycles. The van der Waals surface area contributed by atoms with Crippen molar-refractivity contribution in [1.82, 2.24) is 5.06 Å². The van der Waals surface area contributed by atoms with Gasteiger partial charge in [0, 0.05) is 19.6 Å². The SMILES string of the molecule is O=C(ON1CCCC1=O)C1CCOCC1. The third kappa shape index (κ3) is 2.47. The van der Waals surface area contributed by atoms with Crippen molar-refractivity contribution < 1.29 is 19.2 Å². The third-order valence-corrected chi connectivity index (χ3v) is 2.78. The van der Waals surface area contributed by atoms with Crippen LogP contribution in [0.2, 0.25) is 0 Å². The topological polar surface area (TPSA) is 55.8 Å². The molecule has 0 aromatic rings. The molecule has 0 aromatic heterocycles. The van der Waals surface area contributed by atoms with Crippen LogP contribution in [0.25, 0.3) is 0 Å². The fraction of sp³-hybridized carbons (Fsp3) is 0.800. The molecule has 2 fully saturated rings. The predicted molar refractivity (Wildman–Crippen MR) is 50.6 cm³/mol. The Morgan fingerprint density at radius 2 is 2.13 bits per heavy atom. The fourth-order valence-corrected chi connectivity index (χ4v) is 1.84. The van der Waals surface area contributed by atoms with Crippen molar-refractivity contribution in [3.05, 3.63) is 0 Å². The van der Waals surface area contributed by atoms with Crippen LogP contribution < -0.4 is 0 Å². The van der Waals surface area contributed by atoms with Crippen molar-refractivity contribution in [1.29, 1.82) is 0 Å². The van der Waals surface area contributed by atoms with Crippen LogP contribution >= 0.6 is 0 Å². The molecular weight excluding hydrogens is 198 g/mol. The van der Waals surface area contributed by atoms with E-state index in [0.29, 0.717) is 39.0 Å². The van der Waals surface area contributed by atoms with Gasteiger partial charge in [-0.1, -0.05) is 0 Å². The summed E-state index contributed by atoms with van der Waals surface area (Å²) in [5, 5.41) is 1.19. The lowest BCUT2D eigenvalue weighted by molar-refractivity contribution is -0.198. The van der Waals surface area contributed by atoms with Crippen LogP contribution in [0.4, 0.5) is 0 Å². The van der Waals surface area contributed by atoms with E-state index in [0.717, 1.165) is 6.42 Å². The minimum Gasteiger partial charge on any atom is -0.381 e. The monoisotopic (exact) mass is 213 g/mol. The molecule has 5 heteroatoms. The molecule has 84 valence electrons. The average molecular weight is 213 g/mol. The number of ether oxygens (including phenoxy) is 1. The highest BCUT2D eigenvalue weighted by Gasteiger charge is 2.29. The van der Waals surface area contributed by atoms with E-state index in [1.165, 1.54) is 5.06 Å². The highest BCUT2D eigenvalue weighted by molar-refractivity contribution is 5.80. The van der Waals surface area contributed by atoms with Crippen LogP contribution in [0.15, 0.2) is 0 Å². The molecule has 1 amide bonds. The molecule has 0 radical (unpaired) electrons. The molecule has 15 heavy (non-hydrogen) atoms. The van der Waals surface area contributed by atoms with Gasteiger partial charge in [0.25, 0.3) is 5.91 Å². The first-order valence-electron chi connectivity index (χ1n) is 5.37. The maximum Gasteiger partial charge on any atom is 0.335 e. The van der Waals surface area contributed by atoms with Crippen LogP contribution in [0.5, 0.6) is 0 Å². The van der Waals surface area contributed by atoms with E-state index in [1.807, 2.05) is 0 Å². The van der Waals surface area contributed by atoms with Crippen LogP contribution in [0.1, 0.15) is 25.7 Å². The zero-order valence-corrected chi connectivity index (χ0v) is 8.61. The second-order valence-electron chi connectivity index (χ2n) is 3.90. The number of carbonyl (C=O) groups is 2. The van der Waals surface area contributed by atoms with Gasteiger partial charge >= 0.3 is 5.97 Å². The van der Waals surface area contributed by atoms with E-state index in [1.54, 1.807) is 0 Å². The van der Waals surface area contributed by atoms with Gasteiger partial charge in [0.2, 0.25) is 0 Å². The van der Waals surface area contributed by atoms with Crippen molar-refractivity contribution in [2.45, 2.75) is 25.7 Å². The summed E-state index contributed by atoms with van der Waals surface area (Å²) in [6, 6.07) is 0. The molecule has 2 rings (SSSR count). The van der Waals surface area contributed by atoms with Crippen molar-refractivity contribution >= 4 is 11.9 Å². The highest BCUT2D eigenvalue weighted by atomic mass is 16.7. The van der Waals surface area contributed by atoms with Gasteiger partial charge in [0.15, 0.2) is 0 Å². The molecule has 0 unspecified atom stereocenters. The molecule has 2 aliphatic heterocycles. The lowest BCUT2D eigenvalue weighted by Gasteiger charge is -2.22. The molecule has 5 nitrogen and oxygen atoms in total. The summed E-state index contributed by atoms with van der Waals surface area (Å²) in [5.74, 6) is -0.476. The standard InChI is InChI=1S/C10H15NO4/c12-9-2-1-5-11(9)15-10(13)8-3-6-14-7-4-8/h8H,1-7H2. The summed E-state index contributed by atoms with van der Waals surface area (Å²) in [6.07, 6.45) is 2.66. The van der Waals surface area contributed by atoms with Crippen LogP contribution in [-0.2, 0) is 19.2 Å². The molecule has 0 aromatic carbocycles. The van der Waals surface area contributed by atoms with Gasteiger partial charge in [-0.3, -0.25) is 4.79 Å². The van der Waals surface area contributed by atoms with E-state index in [4.69, 9.17) is 9.57 Å². The van der Waals surface area contributed by atoms with Gasteiger partial charge in [-0.2, -0.15) is 5.06 Å². The quantitative estimate of drug-likeness (QED) is 0.670. The maximum absolute atomic E-state index is 11.6. The zero-order chi connectivity index (χ0) is 10.7. The Morgan fingerprint density at radius 3 is 2.73 bits per heavy atom. The molecule has 2 saturated heterocycles. The molecular formula is C10H15NO4. The van der Waals surface area contributed by atoms with Crippen molar-refractivity contribution in [2.75, 3.05) is 19.8 Å². The normalized spacial score (nSPS) is 23.2. The first-order chi connectivity index (χ1) is 7.27. The Balaban J connectivity index is 1.82. The number of carbonyl (C=O) groups excluding carboxylic acids is 2.